The van der Waals surface area contributed by atoms with Gasteiger partial charge in [0.1, 0.15) is 0 Å². The van der Waals surface area contributed by atoms with E-state index in [0.29, 0.717) is 12.3 Å². The van der Waals surface area contributed by atoms with Gasteiger partial charge in [0.05, 0.1) is 6.10 Å². The van der Waals surface area contributed by atoms with E-state index in [1.54, 1.807) is 0 Å². The van der Waals surface area contributed by atoms with Gasteiger partial charge in [-0.05, 0) is 47.6 Å². The van der Waals surface area contributed by atoms with Gasteiger partial charge in [-0.15, -0.1) is 0 Å². The maximum atomic E-state index is 10.6. The van der Waals surface area contributed by atoms with Gasteiger partial charge in [-0.1, -0.05) is 58.7 Å². The van der Waals surface area contributed by atoms with Crippen LogP contribution in [-0.4, -0.2) is 5.11 Å². The molecule has 0 saturated heterocycles. The molecule has 104 valence electrons. The zero-order chi connectivity index (χ0) is 13.9. The minimum absolute atomic E-state index is 0.416. The van der Waals surface area contributed by atoms with Gasteiger partial charge in [-0.25, -0.2) is 0 Å². The summed E-state index contributed by atoms with van der Waals surface area (Å²) in [6, 6.07) is 16.6. The number of hydrogen-bond acceptors (Lipinski definition) is 1. The summed E-state index contributed by atoms with van der Waals surface area (Å²) in [7, 11) is 0. The van der Waals surface area contributed by atoms with Crippen LogP contribution in [-0.2, 0) is 6.42 Å². The average molecular weight is 331 g/mol. The largest absolute Gasteiger partial charge is 0.388 e. The molecule has 0 aromatic heterocycles. The highest BCUT2D eigenvalue weighted by Crippen LogP contribution is 2.39. The topological polar surface area (TPSA) is 20.2 Å². The Morgan fingerprint density at radius 1 is 1.10 bits per heavy atom. The van der Waals surface area contributed by atoms with E-state index in [1.807, 2.05) is 18.2 Å². The first-order chi connectivity index (χ1) is 9.74. The Balaban J connectivity index is 1.81. The molecule has 2 heteroatoms. The molecule has 20 heavy (non-hydrogen) atoms. The van der Waals surface area contributed by atoms with Crippen molar-refractivity contribution in [1.82, 2.24) is 0 Å². The van der Waals surface area contributed by atoms with E-state index >= 15 is 0 Å². The Morgan fingerprint density at radius 2 is 1.90 bits per heavy atom. The van der Waals surface area contributed by atoms with Gasteiger partial charge in [-0.3, -0.25) is 0 Å². The highest BCUT2D eigenvalue weighted by molar-refractivity contribution is 9.10. The van der Waals surface area contributed by atoms with Crippen LogP contribution in [0.25, 0.3) is 0 Å². The van der Waals surface area contributed by atoms with Crippen molar-refractivity contribution < 1.29 is 5.11 Å². The van der Waals surface area contributed by atoms with Crippen LogP contribution in [0.1, 0.15) is 48.0 Å². The van der Waals surface area contributed by atoms with Crippen LogP contribution in [0.5, 0.6) is 0 Å². The van der Waals surface area contributed by atoms with Gasteiger partial charge < -0.3 is 5.11 Å². The minimum Gasteiger partial charge on any atom is -0.388 e. The molecular formula is C18H19BrO. The molecule has 0 aliphatic heterocycles. The second-order valence-electron chi connectivity index (χ2n) is 5.61. The zero-order valence-corrected chi connectivity index (χ0v) is 13.0. The van der Waals surface area contributed by atoms with Crippen LogP contribution in [0.3, 0.4) is 0 Å². The molecule has 2 aromatic carbocycles. The molecule has 1 saturated carbocycles. The van der Waals surface area contributed by atoms with Crippen LogP contribution in [0.15, 0.2) is 53.0 Å². The molecule has 1 fully saturated rings. The highest BCUT2D eigenvalue weighted by Gasteiger charge is 2.24. The highest BCUT2D eigenvalue weighted by atomic mass is 79.9. The maximum Gasteiger partial charge on any atom is 0.0833 e. The second kappa shape index (κ2) is 6.11. The first kappa shape index (κ1) is 13.8. The molecule has 2 aromatic rings. The van der Waals surface area contributed by atoms with Crippen LogP contribution >= 0.6 is 15.9 Å². The number of benzene rings is 2. The van der Waals surface area contributed by atoms with Crippen molar-refractivity contribution in [2.75, 3.05) is 0 Å². The summed E-state index contributed by atoms with van der Waals surface area (Å²) < 4.78 is 1.06. The molecule has 0 radical (unpaired) electrons. The van der Waals surface area contributed by atoms with Gasteiger partial charge in [0.25, 0.3) is 0 Å². The lowest BCUT2D eigenvalue weighted by Crippen LogP contribution is -2.14. The zero-order valence-electron chi connectivity index (χ0n) is 11.4. The third-order valence-electron chi connectivity index (χ3n) is 4.22. The van der Waals surface area contributed by atoms with Crippen LogP contribution in [0.2, 0.25) is 0 Å². The van der Waals surface area contributed by atoms with E-state index in [9.17, 15) is 5.11 Å². The Morgan fingerprint density at radius 3 is 2.60 bits per heavy atom. The van der Waals surface area contributed by atoms with Crippen LogP contribution in [0.4, 0.5) is 0 Å². The molecule has 1 unspecified atom stereocenters. The molecule has 0 spiro atoms. The lowest BCUT2D eigenvalue weighted by molar-refractivity contribution is 0.175. The standard InChI is InChI=1S/C18H19BrO/c19-15-8-3-5-13(11-15)12-18(20)17-10-2-1-9-16(17)14-6-4-7-14/h1-3,5,8-11,14,18,20H,4,6-7,12H2. The fourth-order valence-electron chi connectivity index (χ4n) is 2.90. The number of aliphatic hydroxyl groups is 1. The summed E-state index contributed by atoms with van der Waals surface area (Å²) in [4.78, 5) is 0. The Hall–Kier alpha value is -1.12. The Labute approximate surface area is 128 Å². The predicted octanol–water partition coefficient (Wildman–Crippen LogP) is 4.99. The van der Waals surface area contributed by atoms with Crippen molar-refractivity contribution in [3.05, 3.63) is 69.7 Å². The summed E-state index contributed by atoms with van der Waals surface area (Å²) in [5.74, 6) is 0.656. The number of rotatable bonds is 4. The van der Waals surface area contributed by atoms with Crippen molar-refractivity contribution in [3.8, 4) is 0 Å². The quantitative estimate of drug-likeness (QED) is 0.836. The summed E-state index contributed by atoms with van der Waals surface area (Å²) in [5.41, 5.74) is 3.62. The van der Waals surface area contributed by atoms with Gasteiger partial charge in [0.2, 0.25) is 0 Å². The van der Waals surface area contributed by atoms with Crippen molar-refractivity contribution in [1.29, 1.82) is 0 Å². The first-order valence-corrected chi connectivity index (χ1v) is 8.04. The van der Waals surface area contributed by atoms with Gasteiger partial charge in [0.15, 0.2) is 0 Å². The van der Waals surface area contributed by atoms with Crippen molar-refractivity contribution in [2.24, 2.45) is 0 Å². The third-order valence-corrected chi connectivity index (χ3v) is 4.71. The second-order valence-corrected chi connectivity index (χ2v) is 6.52. The Bertz CT molecular complexity index is 589. The van der Waals surface area contributed by atoms with Crippen LogP contribution in [0, 0.1) is 0 Å². The normalized spacial score (nSPS) is 16.7. The van der Waals surface area contributed by atoms with E-state index in [4.69, 9.17) is 0 Å². The van der Waals surface area contributed by atoms with E-state index < -0.39 is 6.10 Å². The summed E-state index contributed by atoms with van der Waals surface area (Å²) in [5, 5.41) is 10.6. The molecule has 1 atom stereocenters. The van der Waals surface area contributed by atoms with Crippen molar-refractivity contribution >= 4 is 15.9 Å². The maximum absolute atomic E-state index is 10.6. The lowest BCUT2D eigenvalue weighted by Gasteiger charge is -2.29. The fourth-order valence-corrected chi connectivity index (χ4v) is 3.35. The SMILES string of the molecule is OC(Cc1cccc(Br)c1)c1ccccc1C1CCC1. The molecule has 1 nitrogen and oxygen atoms in total. The summed E-state index contributed by atoms with van der Waals surface area (Å²) in [6.45, 7) is 0. The van der Waals surface area contributed by atoms with E-state index in [2.05, 4.69) is 46.3 Å². The monoisotopic (exact) mass is 330 g/mol. The molecule has 0 bridgehead atoms. The van der Waals surface area contributed by atoms with Gasteiger partial charge in [0, 0.05) is 10.9 Å². The lowest BCUT2D eigenvalue weighted by atomic mass is 9.77. The van der Waals surface area contributed by atoms with Crippen molar-refractivity contribution in [2.45, 2.75) is 37.7 Å². The first-order valence-electron chi connectivity index (χ1n) is 7.25. The summed E-state index contributed by atoms with van der Waals surface area (Å²) in [6.07, 6.45) is 4.10. The Kier molecular flexibility index (Phi) is 4.23. The molecule has 1 aliphatic carbocycles. The van der Waals surface area contributed by atoms with Crippen molar-refractivity contribution in [3.63, 3.8) is 0 Å². The van der Waals surface area contributed by atoms with Gasteiger partial charge in [-0.2, -0.15) is 0 Å². The molecule has 3 rings (SSSR count). The predicted molar refractivity (Wildman–Crippen MR) is 85.8 cm³/mol. The number of hydrogen-bond donors (Lipinski definition) is 1. The number of aliphatic hydroxyl groups excluding tert-OH is 1. The smallest absolute Gasteiger partial charge is 0.0833 e. The van der Waals surface area contributed by atoms with Gasteiger partial charge >= 0.3 is 0 Å². The number of halogens is 1. The molecule has 1 aliphatic rings. The minimum atomic E-state index is -0.416. The average Bonchev–Trinajstić information content (AvgIpc) is 2.37. The van der Waals surface area contributed by atoms with E-state index in [-0.39, 0.29) is 0 Å². The fraction of sp³-hybridized carbons (Fsp3) is 0.333. The third kappa shape index (κ3) is 2.97. The van der Waals surface area contributed by atoms with E-state index in [1.165, 1.54) is 24.8 Å². The molecule has 0 heterocycles. The molecule has 1 N–H and O–H groups in total. The van der Waals surface area contributed by atoms with E-state index in [0.717, 1.165) is 15.6 Å². The molecule has 0 amide bonds. The summed E-state index contributed by atoms with van der Waals surface area (Å²) >= 11 is 3.48. The molecular weight excluding hydrogens is 312 g/mol. The van der Waals surface area contributed by atoms with Crippen LogP contribution < -0.4 is 0 Å².